The van der Waals surface area contributed by atoms with Gasteiger partial charge in [-0.05, 0) is 47.9 Å². The Balaban J connectivity index is 2.14. The van der Waals surface area contributed by atoms with E-state index in [1.165, 1.54) is 22.2 Å². The Bertz CT molecular complexity index is 621. The van der Waals surface area contributed by atoms with Crippen LogP contribution in [-0.4, -0.2) is 4.98 Å². The van der Waals surface area contributed by atoms with Crippen LogP contribution in [0.3, 0.4) is 0 Å². The third-order valence-corrected chi connectivity index (χ3v) is 4.98. The van der Waals surface area contributed by atoms with Gasteiger partial charge in [-0.1, -0.05) is 36.7 Å². The molecule has 0 bridgehead atoms. The molecule has 2 unspecified atom stereocenters. The third kappa shape index (κ3) is 2.23. The lowest BCUT2D eigenvalue weighted by Gasteiger charge is -2.36. The highest BCUT2D eigenvalue weighted by molar-refractivity contribution is 9.10. The molecule has 0 radical (unpaired) electrons. The maximum atomic E-state index is 6.39. The maximum Gasteiger partial charge on any atom is 0.0460 e. The van der Waals surface area contributed by atoms with E-state index in [1.807, 2.05) is 0 Å². The lowest BCUT2D eigenvalue weighted by atomic mass is 9.70. The largest absolute Gasteiger partial charge is 0.357 e. The molecule has 0 spiro atoms. The summed E-state index contributed by atoms with van der Waals surface area (Å²) < 4.78 is 1.13. The predicted molar refractivity (Wildman–Crippen MR) is 84.2 cm³/mol. The first-order valence-electron chi connectivity index (χ1n) is 6.92. The zero-order valence-corrected chi connectivity index (χ0v) is 13.3. The van der Waals surface area contributed by atoms with Gasteiger partial charge in [0.05, 0.1) is 0 Å². The highest BCUT2D eigenvalue weighted by Gasteiger charge is 2.34. The molecule has 0 saturated heterocycles. The van der Waals surface area contributed by atoms with Crippen molar-refractivity contribution in [2.75, 3.05) is 0 Å². The van der Waals surface area contributed by atoms with Crippen LogP contribution in [0.15, 0.2) is 22.7 Å². The molecule has 0 aliphatic heterocycles. The van der Waals surface area contributed by atoms with E-state index in [-0.39, 0.29) is 6.04 Å². The molecule has 1 aliphatic carbocycles. The van der Waals surface area contributed by atoms with Crippen LogP contribution in [0.2, 0.25) is 0 Å². The van der Waals surface area contributed by atoms with E-state index < -0.39 is 0 Å². The Morgan fingerprint density at radius 3 is 2.74 bits per heavy atom. The minimum Gasteiger partial charge on any atom is -0.357 e. The Labute approximate surface area is 122 Å². The van der Waals surface area contributed by atoms with E-state index >= 15 is 0 Å². The normalized spacial score (nSPS) is 23.6. The van der Waals surface area contributed by atoms with Crippen molar-refractivity contribution in [3.63, 3.8) is 0 Å². The maximum absolute atomic E-state index is 6.39. The van der Waals surface area contributed by atoms with Gasteiger partial charge in [0.1, 0.15) is 0 Å². The van der Waals surface area contributed by atoms with Crippen molar-refractivity contribution < 1.29 is 0 Å². The molecule has 3 N–H and O–H groups in total. The standard InChI is InChI=1S/C16H21BrN2/c1-16(2,3)9-6-12-11-8-10(17)4-5-14(11)19-15(12)13(18)7-9/h4-5,8-9,13,19H,6-7,18H2,1-3H3. The van der Waals surface area contributed by atoms with Crippen LogP contribution in [0.4, 0.5) is 0 Å². The van der Waals surface area contributed by atoms with Gasteiger partial charge in [0.15, 0.2) is 0 Å². The number of rotatable bonds is 0. The first-order valence-corrected chi connectivity index (χ1v) is 7.71. The van der Waals surface area contributed by atoms with Crippen LogP contribution in [0, 0.1) is 11.3 Å². The molecular formula is C16H21BrN2. The fraction of sp³-hybridized carbons (Fsp3) is 0.500. The van der Waals surface area contributed by atoms with Crippen LogP contribution in [0.1, 0.15) is 44.5 Å². The molecule has 0 fully saturated rings. The van der Waals surface area contributed by atoms with Gasteiger partial charge in [-0.15, -0.1) is 0 Å². The first-order chi connectivity index (χ1) is 8.86. The zero-order valence-electron chi connectivity index (χ0n) is 11.8. The minimum atomic E-state index is 0.138. The summed E-state index contributed by atoms with van der Waals surface area (Å²) in [5, 5.41) is 1.33. The number of nitrogens with one attached hydrogen (secondary N) is 1. The second kappa shape index (κ2) is 4.35. The molecule has 1 aliphatic rings. The molecule has 1 heterocycles. The van der Waals surface area contributed by atoms with Gasteiger partial charge in [-0.2, -0.15) is 0 Å². The van der Waals surface area contributed by atoms with E-state index in [4.69, 9.17) is 5.73 Å². The van der Waals surface area contributed by atoms with Crippen LogP contribution < -0.4 is 5.73 Å². The Morgan fingerprint density at radius 2 is 2.05 bits per heavy atom. The van der Waals surface area contributed by atoms with Crippen molar-refractivity contribution in [1.29, 1.82) is 0 Å². The third-order valence-electron chi connectivity index (χ3n) is 4.49. The van der Waals surface area contributed by atoms with Crippen molar-refractivity contribution in [2.45, 2.75) is 39.7 Å². The topological polar surface area (TPSA) is 41.8 Å². The quantitative estimate of drug-likeness (QED) is 0.735. The van der Waals surface area contributed by atoms with E-state index in [1.54, 1.807) is 0 Å². The summed E-state index contributed by atoms with van der Waals surface area (Å²) in [6.45, 7) is 6.96. The minimum absolute atomic E-state index is 0.138. The van der Waals surface area contributed by atoms with Crippen molar-refractivity contribution >= 4 is 26.8 Å². The SMILES string of the molecule is CC(C)(C)C1Cc2c([nH]c3ccc(Br)cc23)C(N)C1. The number of fused-ring (bicyclic) bond motifs is 3. The van der Waals surface area contributed by atoms with Crippen molar-refractivity contribution in [1.82, 2.24) is 4.98 Å². The van der Waals surface area contributed by atoms with Gasteiger partial charge in [-0.25, -0.2) is 0 Å². The number of benzene rings is 1. The summed E-state index contributed by atoms with van der Waals surface area (Å²) in [7, 11) is 0. The average molecular weight is 321 g/mol. The smallest absolute Gasteiger partial charge is 0.0460 e. The summed E-state index contributed by atoms with van der Waals surface area (Å²) >= 11 is 3.57. The number of hydrogen-bond acceptors (Lipinski definition) is 1. The second-order valence-electron chi connectivity index (χ2n) is 6.82. The number of halogens is 1. The molecule has 0 amide bonds. The highest BCUT2D eigenvalue weighted by Crippen LogP contribution is 2.43. The van der Waals surface area contributed by atoms with Gasteiger partial charge in [0, 0.05) is 27.1 Å². The monoisotopic (exact) mass is 320 g/mol. The zero-order chi connectivity index (χ0) is 13.8. The van der Waals surface area contributed by atoms with Crippen LogP contribution in [-0.2, 0) is 6.42 Å². The number of nitrogens with two attached hydrogens (primary N) is 1. The first kappa shape index (κ1) is 13.2. The van der Waals surface area contributed by atoms with Gasteiger partial charge in [-0.3, -0.25) is 0 Å². The Kier molecular flexibility index (Phi) is 3.02. The molecule has 1 aromatic carbocycles. The van der Waals surface area contributed by atoms with Crippen molar-refractivity contribution in [3.05, 3.63) is 33.9 Å². The second-order valence-corrected chi connectivity index (χ2v) is 7.73. The molecule has 1 aromatic heterocycles. The summed E-state index contributed by atoms with van der Waals surface area (Å²) in [5.74, 6) is 0.646. The number of hydrogen-bond donors (Lipinski definition) is 2. The molecule has 0 saturated carbocycles. The fourth-order valence-corrected chi connectivity index (χ4v) is 3.55. The molecule has 102 valence electrons. The lowest BCUT2D eigenvalue weighted by Crippen LogP contribution is -2.31. The Hall–Kier alpha value is -0.800. The summed E-state index contributed by atoms with van der Waals surface area (Å²) in [6, 6.07) is 6.56. The van der Waals surface area contributed by atoms with Crippen molar-refractivity contribution in [2.24, 2.45) is 17.1 Å². The Morgan fingerprint density at radius 1 is 1.32 bits per heavy atom. The van der Waals surface area contributed by atoms with Crippen LogP contribution in [0.25, 0.3) is 10.9 Å². The van der Waals surface area contributed by atoms with Gasteiger partial charge >= 0.3 is 0 Å². The molecule has 3 rings (SSSR count). The van der Waals surface area contributed by atoms with Gasteiger partial charge < -0.3 is 10.7 Å². The lowest BCUT2D eigenvalue weighted by molar-refractivity contribution is 0.201. The fourth-order valence-electron chi connectivity index (χ4n) is 3.19. The highest BCUT2D eigenvalue weighted by atomic mass is 79.9. The van der Waals surface area contributed by atoms with E-state index in [0.29, 0.717) is 11.3 Å². The predicted octanol–water partition coefficient (Wildman–Crippen LogP) is 4.54. The van der Waals surface area contributed by atoms with E-state index in [2.05, 4.69) is 59.9 Å². The molecule has 2 aromatic rings. The van der Waals surface area contributed by atoms with E-state index in [0.717, 1.165) is 17.3 Å². The molecule has 2 atom stereocenters. The molecular weight excluding hydrogens is 300 g/mol. The van der Waals surface area contributed by atoms with Crippen LogP contribution >= 0.6 is 15.9 Å². The summed E-state index contributed by atoms with van der Waals surface area (Å²) in [6.07, 6.45) is 2.20. The number of aromatic nitrogens is 1. The van der Waals surface area contributed by atoms with Crippen molar-refractivity contribution in [3.8, 4) is 0 Å². The molecule has 2 nitrogen and oxygen atoms in total. The van der Waals surface area contributed by atoms with Gasteiger partial charge in [0.25, 0.3) is 0 Å². The summed E-state index contributed by atoms with van der Waals surface area (Å²) in [5.41, 5.74) is 10.6. The number of aromatic amines is 1. The summed E-state index contributed by atoms with van der Waals surface area (Å²) in [4.78, 5) is 3.52. The molecule has 3 heteroatoms. The average Bonchev–Trinajstić information content (AvgIpc) is 2.67. The molecule has 19 heavy (non-hydrogen) atoms. The van der Waals surface area contributed by atoms with Gasteiger partial charge in [0.2, 0.25) is 0 Å². The van der Waals surface area contributed by atoms with E-state index in [9.17, 15) is 0 Å². The van der Waals surface area contributed by atoms with Crippen LogP contribution in [0.5, 0.6) is 0 Å². The number of H-pyrrole nitrogens is 1.